The molecular weight excluding hydrogens is 248 g/mol. The third-order valence-corrected chi connectivity index (χ3v) is 4.42. The van der Waals surface area contributed by atoms with Gasteiger partial charge in [-0.05, 0) is 91.5 Å². The summed E-state index contributed by atoms with van der Waals surface area (Å²) in [5.74, 6) is 1.88. The molecule has 1 aliphatic carbocycles. The summed E-state index contributed by atoms with van der Waals surface area (Å²) in [7, 11) is 6.50. The second kappa shape index (κ2) is 10.6. The van der Waals surface area contributed by atoms with Crippen molar-refractivity contribution in [1.29, 1.82) is 0 Å². The summed E-state index contributed by atoms with van der Waals surface area (Å²) in [4.78, 5) is 4.91. The molecule has 1 aliphatic rings. The maximum atomic E-state index is 3.59. The van der Waals surface area contributed by atoms with Crippen molar-refractivity contribution in [3.8, 4) is 0 Å². The fourth-order valence-electron chi connectivity index (χ4n) is 2.72. The number of hydrogen-bond acceptors (Lipinski definition) is 4. The summed E-state index contributed by atoms with van der Waals surface area (Å²) in [6.07, 6.45) is 3.96. The van der Waals surface area contributed by atoms with Gasteiger partial charge in [0.25, 0.3) is 0 Å². The van der Waals surface area contributed by atoms with Crippen molar-refractivity contribution in [3.63, 3.8) is 0 Å². The average molecular weight is 284 g/mol. The topological polar surface area (TPSA) is 30.5 Å². The van der Waals surface area contributed by atoms with Crippen LogP contribution in [0.3, 0.4) is 0 Å². The van der Waals surface area contributed by atoms with E-state index in [-0.39, 0.29) is 0 Å². The summed E-state index contributed by atoms with van der Waals surface area (Å²) >= 11 is 0. The first-order valence-corrected chi connectivity index (χ1v) is 8.39. The molecule has 0 amide bonds. The van der Waals surface area contributed by atoms with Crippen LogP contribution in [0.2, 0.25) is 0 Å². The Bertz CT molecular complexity index is 235. The van der Waals surface area contributed by atoms with Crippen molar-refractivity contribution in [2.45, 2.75) is 26.2 Å². The molecule has 0 bridgehead atoms. The minimum absolute atomic E-state index is 0.936. The molecule has 2 unspecified atom stereocenters. The second-order valence-corrected chi connectivity index (χ2v) is 6.43. The van der Waals surface area contributed by atoms with Crippen LogP contribution in [0.25, 0.3) is 0 Å². The van der Waals surface area contributed by atoms with Gasteiger partial charge in [0.2, 0.25) is 0 Å². The van der Waals surface area contributed by atoms with Crippen molar-refractivity contribution >= 4 is 0 Å². The first-order chi connectivity index (χ1) is 9.67. The zero-order chi connectivity index (χ0) is 14.8. The van der Waals surface area contributed by atoms with Gasteiger partial charge in [-0.2, -0.15) is 0 Å². The van der Waals surface area contributed by atoms with Crippen LogP contribution in [-0.2, 0) is 0 Å². The van der Waals surface area contributed by atoms with Gasteiger partial charge >= 0.3 is 0 Å². The third kappa shape index (κ3) is 8.20. The third-order valence-electron chi connectivity index (χ3n) is 4.42. The summed E-state index contributed by atoms with van der Waals surface area (Å²) in [5.41, 5.74) is 0. The Morgan fingerprint density at radius 2 is 1.75 bits per heavy atom. The lowest BCUT2D eigenvalue weighted by Gasteiger charge is -2.19. The Hall–Kier alpha value is -0.160. The molecule has 120 valence electrons. The summed E-state index contributed by atoms with van der Waals surface area (Å²) < 4.78 is 0. The number of hydrogen-bond donors (Lipinski definition) is 2. The summed E-state index contributed by atoms with van der Waals surface area (Å²) in [5, 5.41) is 6.77. The zero-order valence-corrected chi connectivity index (χ0v) is 14.1. The van der Waals surface area contributed by atoms with Crippen LogP contribution in [-0.4, -0.2) is 76.8 Å². The molecule has 2 N–H and O–H groups in total. The Labute approximate surface area is 126 Å². The first-order valence-electron chi connectivity index (χ1n) is 8.39. The maximum absolute atomic E-state index is 3.59. The van der Waals surface area contributed by atoms with Crippen LogP contribution >= 0.6 is 0 Å². The largest absolute Gasteiger partial charge is 0.320 e. The number of nitrogens with one attached hydrogen (secondary N) is 2. The standard InChI is InChI=1S/C16H36N4/c1-5-19(3)10-7-11-20(4)14-16-12-15(16)13-18-9-6-8-17-2/h15-18H,5-14H2,1-4H3. The van der Waals surface area contributed by atoms with Crippen LogP contribution in [0.4, 0.5) is 0 Å². The molecule has 0 aliphatic heterocycles. The van der Waals surface area contributed by atoms with E-state index in [2.05, 4.69) is 41.5 Å². The van der Waals surface area contributed by atoms with Crippen molar-refractivity contribution in [1.82, 2.24) is 20.4 Å². The fourth-order valence-corrected chi connectivity index (χ4v) is 2.72. The highest BCUT2D eigenvalue weighted by Gasteiger charge is 2.36. The van der Waals surface area contributed by atoms with Crippen LogP contribution < -0.4 is 10.6 Å². The Kier molecular flexibility index (Phi) is 9.44. The monoisotopic (exact) mass is 284 g/mol. The number of nitrogens with zero attached hydrogens (tertiary/aromatic N) is 2. The molecule has 4 heteroatoms. The van der Waals surface area contributed by atoms with Crippen LogP contribution in [0, 0.1) is 11.8 Å². The zero-order valence-electron chi connectivity index (χ0n) is 14.1. The van der Waals surface area contributed by atoms with Gasteiger partial charge < -0.3 is 20.4 Å². The van der Waals surface area contributed by atoms with Crippen LogP contribution in [0.1, 0.15) is 26.2 Å². The molecule has 0 spiro atoms. The molecule has 20 heavy (non-hydrogen) atoms. The molecule has 0 aromatic heterocycles. The Balaban J connectivity index is 1.92. The predicted octanol–water partition coefficient (Wildman–Crippen LogP) is 1.10. The van der Waals surface area contributed by atoms with E-state index < -0.39 is 0 Å². The second-order valence-electron chi connectivity index (χ2n) is 6.43. The van der Waals surface area contributed by atoms with Gasteiger partial charge in [0.1, 0.15) is 0 Å². The molecule has 0 heterocycles. The van der Waals surface area contributed by atoms with E-state index in [9.17, 15) is 0 Å². The van der Waals surface area contributed by atoms with Gasteiger partial charge in [-0.1, -0.05) is 6.92 Å². The maximum Gasteiger partial charge on any atom is 0.000986 e. The van der Waals surface area contributed by atoms with Gasteiger partial charge in [0.05, 0.1) is 0 Å². The van der Waals surface area contributed by atoms with E-state index in [1.54, 1.807) is 0 Å². The minimum Gasteiger partial charge on any atom is -0.320 e. The highest BCUT2D eigenvalue weighted by Crippen LogP contribution is 2.38. The van der Waals surface area contributed by atoms with E-state index in [0.29, 0.717) is 0 Å². The highest BCUT2D eigenvalue weighted by molar-refractivity contribution is 4.89. The van der Waals surface area contributed by atoms with Crippen molar-refractivity contribution < 1.29 is 0 Å². The van der Waals surface area contributed by atoms with Crippen molar-refractivity contribution in [2.24, 2.45) is 11.8 Å². The molecule has 1 rings (SSSR count). The summed E-state index contributed by atoms with van der Waals surface area (Å²) in [6, 6.07) is 0. The predicted molar refractivity (Wildman–Crippen MR) is 88.3 cm³/mol. The molecule has 4 nitrogen and oxygen atoms in total. The Morgan fingerprint density at radius 1 is 1.00 bits per heavy atom. The van der Waals surface area contributed by atoms with Crippen molar-refractivity contribution in [3.05, 3.63) is 0 Å². The molecule has 0 saturated heterocycles. The van der Waals surface area contributed by atoms with Gasteiger partial charge in [0, 0.05) is 6.54 Å². The molecule has 1 saturated carbocycles. The van der Waals surface area contributed by atoms with E-state index >= 15 is 0 Å². The molecule has 0 aromatic carbocycles. The van der Waals surface area contributed by atoms with E-state index in [0.717, 1.165) is 31.5 Å². The van der Waals surface area contributed by atoms with Gasteiger partial charge in [-0.3, -0.25) is 0 Å². The lowest BCUT2D eigenvalue weighted by molar-refractivity contribution is 0.274. The van der Waals surface area contributed by atoms with Crippen LogP contribution in [0.15, 0.2) is 0 Å². The van der Waals surface area contributed by atoms with Crippen LogP contribution in [0.5, 0.6) is 0 Å². The molecule has 0 aromatic rings. The SMILES string of the molecule is CCN(C)CCCN(C)CC1CC1CNCCCNC. The highest BCUT2D eigenvalue weighted by atomic mass is 15.1. The molecule has 1 fully saturated rings. The summed E-state index contributed by atoms with van der Waals surface area (Å²) in [6.45, 7) is 10.6. The lowest BCUT2D eigenvalue weighted by atomic mass is 10.2. The Morgan fingerprint density at radius 3 is 2.45 bits per heavy atom. The first kappa shape index (κ1) is 17.9. The quantitative estimate of drug-likeness (QED) is 0.496. The van der Waals surface area contributed by atoms with E-state index in [4.69, 9.17) is 0 Å². The minimum atomic E-state index is 0.936. The molecule has 2 atom stereocenters. The molecule has 0 radical (unpaired) electrons. The van der Waals surface area contributed by atoms with Crippen molar-refractivity contribution in [2.75, 3.05) is 67.0 Å². The number of rotatable bonds is 13. The average Bonchev–Trinajstić information content (AvgIpc) is 3.16. The van der Waals surface area contributed by atoms with Gasteiger partial charge in [-0.15, -0.1) is 0 Å². The van der Waals surface area contributed by atoms with Gasteiger partial charge in [-0.25, -0.2) is 0 Å². The lowest BCUT2D eigenvalue weighted by Crippen LogP contribution is -2.28. The van der Waals surface area contributed by atoms with E-state index in [1.165, 1.54) is 45.4 Å². The van der Waals surface area contributed by atoms with Gasteiger partial charge in [0.15, 0.2) is 0 Å². The fraction of sp³-hybridized carbons (Fsp3) is 1.00. The van der Waals surface area contributed by atoms with E-state index in [1.807, 2.05) is 7.05 Å². The smallest absolute Gasteiger partial charge is 0.000986 e. The molecular formula is C16H36N4. The normalized spacial score (nSPS) is 21.9.